The number of carbonyl (C=O) groups is 4. The lowest BCUT2D eigenvalue weighted by atomic mass is 9.76. The van der Waals surface area contributed by atoms with E-state index < -0.39 is 30.6 Å². The second kappa shape index (κ2) is 22.7. The van der Waals surface area contributed by atoms with Gasteiger partial charge in [0.05, 0.1) is 40.0 Å². The molecule has 5 aromatic rings. The highest BCUT2D eigenvalue weighted by molar-refractivity contribution is 7.70. The van der Waals surface area contributed by atoms with E-state index in [2.05, 4.69) is 31.6 Å². The lowest BCUT2D eigenvalue weighted by Crippen LogP contribution is -2.50. The third-order valence-corrected chi connectivity index (χ3v) is 16.2. The van der Waals surface area contributed by atoms with E-state index in [1.54, 1.807) is 38.0 Å². The molecule has 0 saturated carbocycles. The summed E-state index contributed by atoms with van der Waals surface area (Å²) < 4.78 is 18.8. The number of nitrogens with zero attached hydrogens (tertiary/aromatic N) is 5. The molecule has 2 aliphatic heterocycles. The predicted molar refractivity (Wildman–Crippen MR) is 277 cm³/mol. The van der Waals surface area contributed by atoms with Crippen LogP contribution >= 0.6 is 30.1 Å². The molecule has 70 heavy (non-hydrogen) atoms. The van der Waals surface area contributed by atoms with Crippen LogP contribution in [0.4, 0.5) is 5.69 Å². The van der Waals surface area contributed by atoms with E-state index >= 15 is 0 Å². The number of methoxy groups -OCH3 is 1. The number of hydrogen-bond acceptors (Lipinski definition) is 12. The number of thiazole rings is 1. The molecule has 0 unspecified atom stereocenters. The van der Waals surface area contributed by atoms with Gasteiger partial charge in [-0.1, -0.05) is 87.0 Å². The van der Waals surface area contributed by atoms with Gasteiger partial charge < -0.3 is 34.8 Å². The molecule has 0 spiro atoms. The van der Waals surface area contributed by atoms with E-state index in [9.17, 15) is 28.8 Å². The number of amides is 3. The highest BCUT2D eigenvalue weighted by Gasteiger charge is 2.44. The summed E-state index contributed by atoms with van der Waals surface area (Å²) in [7, 11) is -0.871. The van der Waals surface area contributed by atoms with Crippen LogP contribution < -0.4 is 25.6 Å². The molecule has 2 saturated heterocycles. The molecular formula is C53H65ClN7O7PS. The van der Waals surface area contributed by atoms with Gasteiger partial charge in [0.1, 0.15) is 30.5 Å². The lowest BCUT2D eigenvalue weighted by molar-refractivity contribution is -0.146. The van der Waals surface area contributed by atoms with Crippen LogP contribution in [0.3, 0.4) is 0 Å². The quantitative estimate of drug-likeness (QED) is 0.0730. The van der Waals surface area contributed by atoms with Gasteiger partial charge in [-0.25, -0.2) is 15.0 Å². The number of aromatic nitrogens is 3. The molecule has 2 aromatic heterocycles. The Hall–Kier alpha value is -5.47. The van der Waals surface area contributed by atoms with Gasteiger partial charge in [-0.3, -0.25) is 19.2 Å². The number of anilines is 1. The lowest BCUT2D eigenvalue weighted by Gasteiger charge is -2.35. The molecule has 14 nitrogen and oxygen atoms in total. The van der Waals surface area contributed by atoms with Crippen molar-refractivity contribution in [2.24, 2.45) is 11.3 Å². The molecule has 3 amide bonds. The summed E-state index contributed by atoms with van der Waals surface area (Å²) >= 11 is 8.14. The summed E-state index contributed by atoms with van der Waals surface area (Å²) in [5.74, 6) is -0.577. The van der Waals surface area contributed by atoms with E-state index in [1.165, 1.54) is 4.90 Å². The molecule has 0 bridgehead atoms. The van der Waals surface area contributed by atoms with Crippen molar-refractivity contribution in [3.63, 3.8) is 0 Å². The number of Topliss-reactive ketones (excluding diaryl/α,β-unsaturated/α-hetero) is 1. The minimum Gasteiger partial charge on any atom is -0.496 e. The summed E-state index contributed by atoms with van der Waals surface area (Å²) in [6.45, 7) is 12.8. The predicted octanol–water partition coefficient (Wildman–Crippen LogP) is 7.77. The largest absolute Gasteiger partial charge is 0.496 e. The van der Waals surface area contributed by atoms with Gasteiger partial charge in [-0.05, 0) is 61.3 Å². The molecule has 2 fully saturated rings. The number of hydrogen-bond donors (Lipinski definition) is 3. The maximum absolute atomic E-state index is 14.2. The van der Waals surface area contributed by atoms with Gasteiger partial charge in [0.2, 0.25) is 17.7 Å². The standard InChI is InChI=1S/C53H65ClN7O7PS/c1-33-50(70-32-57-33)35-14-12-34(13-15-35)29-56-51(65)45-28-41(63)31-61(45)52(66)42(53(2,3)4)27-40(62)18-19-49(64)58-38-20-22-60(23-21-38)39-17-16-36(46(26-39)68-5)25-48-55-30-43(54)44(59-48)24-37-10-8-9-11-47(37)69(6,7)67/h8-17,26,30,32,38,41-42,45,63H,18-25,27-29,31H2,1-7H3,(H,56,65)(H,58,64)/t41-,42-,45+/m1/s1. The summed E-state index contributed by atoms with van der Waals surface area (Å²) in [6, 6.07) is 20.7. The fraction of sp³-hybridized carbons (Fsp3) is 0.453. The number of nitrogens with one attached hydrogen (secondary N) is 2. The third-order valence-electron chi connectivity index (χ3n) is 13.3. The van der Waals surface area contributed by atoms with Crippen LogP contribution in [-0.4, -0.2) is 107 Å². The number of ketones is 1. The topological polar surface area (TPSA) is 184 Å². The first-order valence-electron chi connectivity index (χ1n) is 23.9. The van der Waals surface area contributed by atoms with Crippen molar-refractivity contribution in [1.29, 1.82) is 0 Å². The van der Waals surface area contributed by atoms with E-state index in [0.717, 1.165) is 56.7 Å². The number of rotatable bonds is 18. The van der Waals surface area contributed by atoms with Crippen molar-refractivity contribution >= 4 is 64.6 Å². The molecule has 0 radical (unpaired) electrons. The Morgan fingerprint density at radius 2 is 1.70 bits per heavy atom. The van der Waals surface area contributed by atoms with Crippen LogP contribution in [0.2, 0.25) is 5.02 Å². The number of carbonyl (C=O) groups excluding carboxylic acids is 4. The SMILES string of the molecule is COc1cc(N2CCC(NC(=O)CCC(=O)C[C@H](C(=O)N3C[C@H](O)C[C@H]3C(=O)NCc3ccc(-c4scnc4C)cc3)C(C)(C)C)CC2)ccc1Cc1ncc(Cl)c(Cc2ccccc2P(C)(C)=O)n1. The number of aliphatic hydroxyl groups is 1. The van der Waals surface area contributed by atoms with E-state index in [0.29, 0.717) is 48.2 Å². The molecule has 4 heterocycles. The van der Waals surface area contributed by atoms with Gasteiger partial charge in [-0.15, -0.1) is 11.3 Å². The van der Waals surface area contributed by atoms with Crippen LogP contribution in [-0.2, 0) is 43.1 Å². The number of piperidine rings is 1. The Labute approximate surface area is 420 Å². The smallest absolute Gasteiger partial charge is 0.243 e. The Kier molecular flexibility index (Phi) is 17.0. The number of benzene rings is 3. The highest BCUT2D eigenvalue weighted by Crippen LogP contribution is 2.37. The molecular weight excluding hydrogens is 945 g/mol. The Balaban J connectivity index is 0.873. The number of β-amino-alcohol motifs (C(OH)–C–C–N with tert-alkyl or cyclic N) is 1. The number of aryl methyl sites for hydroxylation is 1. The zero-order valence-electron chi connectivity index (χ0n) is 41.2. The van der Waals surface area contributed by atoms with E-state index in [1.807, 2.05) is 93.9 Å². The summed E-state index contributed by atoms with van der Waals surface area (Å²) in [5.41, 5.74) is 7.60. The first-order chi connectivity index (χ1) is 33.3. The number of likely N-dealkylation sites (tertiary alicyclic amines) is 1. The van der Waals surface area contributed by atoms with Crippen molar-refractivity contribution < 1.29 is 33.6 Å². The van der Waals surface area contributed by atoms with Gasteiger partial charge in [-0.2, -0.15) is 0 Å². The van der Waals surface area contributed by atoms with Gasteiger partial charge in [0.15, 0.2) is 0 Å². The molecule has 3 aromatic carbocycles. The maximum atomic E-state index is 14.2. The molecule has 372 valence electrons. The molecule has 17 heteroatoms. The summed E-state index contributed by atoms with van der Waals surface area (Å²) in [4.78, 5) is 72.8. The Morgan fingerprint density at radius 1 is 0.971 bits per heavy atom. The minimum absolute atomic E-state index is 0.00358. The van der Waals surface area contributed by atoms with Crippen LogP contribution in [0.25, 0.3) is 10.4 Å². The zero-order valence-corrected chi connectivity index (χ0v) is 43.6. The summed E-state index contributed by atoms with van der Waals surface area (Å²) in [6.07, 6.45) is 3.07. The van der Waals surface area contributed by atoms with Crippen molar-refractivity contribution in [3.8, 4) is 16.2 Å². The van der Waals surface area contributed by atoms with Crippen LogP contribution in [0.1, 0.15) is 93.2 Å². The number of aliphatic hydroxyl groups excluding tert-OH is 1. The Morgan fingerprint density at radius 3 is 2.37 bits per heavy atom. The second-order valence-electron chi connectivity index (χ2n) is 20.0. The molecule has 2 aliphatic rings. The first kappa shape index (κ1) is 52.4. The van der Waals surface area contributed by atoms with E-state index in [4.69, 9.17) is 21.3 Å². The fourth-order valence-corrected chi connectivity index (χ4v) is 11.6. The number of halogens is 1. The second-order valence-corrected chi connectivity index (χ2v) is 24.4. The van der Waals surface area contributed by atoms with Crippen LogP contribution in [0.15, 0.2) is 78.4 Å². The van der Waals surface area contributed by atoms with Crippen molar-refractivity contribution in [2.75, 3.05) is 45.0 Å². The fourth-order valence-electron chi connectivity index (χ4n) is 9.36. The van der Waals surface area contributed by atoms with Crippen molar-refractivity contribution in [3.05, 3.63) is 117 Å². The van der Waals surface area contributed by atoms with Crippen molar-refractivity contribution in [2.45, 2.75) is 104 Å². The maximum Gasteiger partial charge on any atom is 0.243 e. The zero-order chi connectivity index (χ0) is 50.3. The third kappa shape index (κ3) is 13.3. The van der Waals surface area contributed by atoms with Crippen LogP contribution in [0.5, 0.6) is 5.75 Å². The van der Waals surface area contributed by atoms with Crippen LogP contribution in [0, 0.1) is 18.3 Å². The van der Waals surface area contributed by atoms with Gasteiger partial charge in [0, 0.05) is 105 Å². The highest BCUT2D eigenvalue weighted by atomic mass is 35.5. The minimum atomic E-state index is -2.51. The Bertz CT molecular complexity index is 2730. The number of ether oxygens (including phenoxy) is 1. The summed E-state index contributed by atoms with van der Waals surface area (Å²) in [5, 5.41) is 18.0. The van der Waals surface area contributed by atoms with Crippen molar-refractivity contribution in [1.82, 2.24) is 30.5 Å². The first-order valence-corrected chi connectivity index (χ1v) is 27.8. The monoisotopic (exact) mass is 1010 g/mol. The molecule has 0 aliphatic carbocycles. The van der Waals surface area contributed by atoms with E-state index in [-0.39, 0.29) is 68.3 Å². The van der Waals surface area contributed by atoms with Gasteiger partial charge >= 0.3 is 0 Å². The molecule has 3 atom stereocenters. The molecule has 7 rings (SSSR count). The average molecular weight is 1010 g/mol. The molecule has 3 N–H and O–H groups in total. The normalized spacial score (nSPS) is 17.0. The van der Waals surface area contributed by atoms with Gasteiger partial charge in [0.25, 0.3) is 0 Å². The average Bonchev–Trinajstić information content (AvgIpc) is 3.95.